The lowest BCUT2D eigenvalue weighted by atomic mass is 9.81. The van der Waals surface area contributed by atoms with E-state index in [9.17, 15) is 9.59 Å². The normalized spacial score (nSPS) is 14.8. The van der Waals surface area contributed by atoms with E-state index >= 15 is 0 Å². The van der Waals surface area contributed by atoms with Gasteiger partial charge in [-0.1, -0.05) is 12.2 Å². The molecule has 2 N–H and O–H groups in total. The summed E-state index contributed by atoms with van der Waals surface area (Å²) in [4.78, 5) is 21.0. The van der Waals surface area contributed by atoms with Crippen LogP contribution in [0.4, 0.5) is 0 Å². The van der Waals surface area contributed by atoms with Gasteiger partial charge in [0.2, 0.25) is 0 Å². The number of aliphatic carboxylic acids is 2. The van der Waals surface area contributed by atoms with Gasteiger partial charge in [-0.15, -0.1) is 0 Å². The number of rotatable bonds is 4. The van der Waals surface area contributed by atoms with Crippen LogP contribution in [0.1, 0.15) is 20.3 Å². The van der Waals surface area contributed by atoms with Crippen LogP contribution < -0.4 is 0 Å². The largest absolute Gasteiger partial charge is 0.481 e. The number of hydrogen-bond acceptors (Lipinski definition) is 2. The van der Waals surface area contributed by atoms with E-state index in [-0.39, 0.29) is 0 Å². The Hall–Kier alpha value is -1.32. The molecule has 0 bridgehead atoms. The van der Waals surface area contributed by atoms with Crippen molar-refractivity contribution in [1.82, 2.24) is 0 Å². The minimum Gasteiger partial charge on any atom is -0.481 e. The van der Waals surface area contributed by atoms with Crippen LogP contribution in [0.15, 0.2) is 12.2 Å². The predicted octanol–water partition coefficient (Wildman–Crippen LogP) is 1.13. The molecule has 12 heavy (non-hydrogen) atoms. The first-order valence-corrected chi connectivity index (χ1v) is 3.42. The molecule has 0 aromatic carbocycles. The standard InChI is InChI=1S/C8H12O4/c1-5(2)8(3,7(11)12)4-6(9)10/h1,4H2,2-3H3,(H,9,10)(H,11,12). The van der Waals surface area contributed by atoms with E-state index < -0.39 is 23.8 Å². The Balaban J connectivity index is 4.75. The molecule has 0 fully saturated rings. The molecule has 0 aliphatic rings. The second-order valence-electron chi connectivity index (χ2n) is 2.99. The molecule has 0 saturated carbocycles. The fourth-order valence-corrected chi connectivity index (χ4v) is 0.711. The lowest BCUT2D eigenvalue weighted by molar-refractivity contribution is -0.152. The van der Waals surface area contributed by atoms with Gasteiger partial charge in [-0.05, 0) is 13.8 Å². The van der Waals surface area contributed by atoms with Crippen molar-refractivity contribution in [2.75, 3.05) is 0 Å². The molecule has 4 heteroatoms. The van der Waals surface area contributed by atoms with Gasteiger partial charge in [0.05, 0.1) is 11.8 Å². The number of carboxylic acids is 2. The summed E-state index contributed by atoms with van der Waals surface area (Å²) in [5.74, 6) is -2.29. The summed E-state index contributed by atoms with van der Waals surface area (Å²) >= 11 is 0. The van der Waals surface area contributed by atoms with Gasteiger partial charge in [-0.25, -0.2) is 0 Å². The van der Waals surface area contributed by atoms with Gasteiger partial charge in [-0.2, -0.15) is 0 Å². The minimum atomic E-state index is -1.36. The van der Waals surface area contributed by atoms with Gasteiger partial charge in [0.15, 0.2) is 0 Å². The van der Waals surface area contributed by atoms with Crippen LogP contribution in [-0.4, -0.2) is 22.2 Å². The minimum absolute atomic E-state index is 0.345. The van der Waals surface area contributed by atoms with Crippen molar-refractivity contribution in [1.29, 1.82) is 0 Å². The quantitative estimate of drug-likeness (QED) is 0.623. The van der Waals surface area contributed by atoms with Crippen LogP contribution in [0.3, 0.4) is 0 Å². The van der Waals surface area contributed by atoms with E-state index in [4.69, 9.17) is 10.2 Å². The highest BCUT2D eigenvalue weighted by molar-refractivity contribution is 5.83. The van der Waals surface area contributed by atoms with Crippen LogP contribution in [0.25, 0.3) is 0 Å². The summed E-state index contributed by atoms with van der Waals surface area (Å²) in [6.07, 6.45) is -0.433. The first-order valence-electron chi connectivity index (χ1n) is 3.42. The average Bonchev–Trinajstić information content (AvgIpc) is 1.84. The first kappa shape index (κ1) is 10.7. The van der Waals surface area contributed by atoms with Crippen molar-refractivity contribution in [2.45, 2.75) is 20.3 Å². The maximum Gasteiger partial charge on any atom is 0.314 e. The molecule has 0 aliphatic carbocycles. The summed E-state index contributed by atoms with van der Waals surface area (Å²) in [7, 11) is 0. The van der Waals surface area contributed by atoms with Crippen LogP contribution >= 0.6 is 0 Å². The average molecular weight is 172 g/mol. The lowest BCUT2D eigenvalue weighted by Crippen LogP contribution is -2.31. The van der Waals surface area contributed by atoms with E-state index in [2.05, 4.69) is 6.58 Å². The Bertz CT molecular complexity index is 215. The van der Waals surface area contributed by atoms with Crippen molar-refractivity contribution in [3.05, 3.63) is 12.2 Å². The Labute approximate surface area is 70.5 Å². The van der Waals surface area contributed by atoms with Crippen LogP contribution in [0.2, 0.25) is 0 Å². The van der Waals surface area contributed by atoms with Crippen LogP contribution in [0.5, 0.6) is 0 Å². The maximum atomic E-state index is 10.7. The Morgan fingerprint density at radius 2 is 1.83 bits per heavy atom. The molecule has 0 heterocycles. The van der Waals surface area contributed by atoms with Gasteiger partial charge in [-0.3, -0.25) is 9.59 Å². The molecule has 0 aromatic rings. The zero-order valence-electron chi connectivity index (χ0n) is 7.13. The maximum absolute atomic E-state index is 10.7. The van der Waals surface area contributed by atoms with Crippen molar-refractivity contribution >= 4 is 11.9 Å². The zero-order chi connectivity index (χ0) is 9.94. The third kappa shape index (κ3) is 2.08. The van der Waals surface area contributed by atoms with Crippen molar-refractivity contribution in [2.24, 2.45) is 5.41 Å². The highest BCUT2D eigenvalue weighted by Gasteiger charge is 2.36. The van der Waals surface area contributed by atoms with Gasteiger partial charge >= 0.3 is 11.9 Å². The summed E-state index contributed by atoms with van der Waals surface area (Å²) in [5.41, 5.74) is -1.01. The van der Waals surface area contributed by atoms with E-state index in [1.807, 2.05) is 0 Å². The van der Waals surface area contributed by atoms with E-state index in [0.717, 1.165) is 0 Å². The topological polar surface area (TPSA) is 74.6 Å². The smallest absolute Gasteiger partial charge is 0.314 e. The van der Waals surface area contributed by atoms with Gasteiger partial charge in [0.1, 0.15) is 0 Å². The second-order valence-corrected chi connectivity index (χ2v) is 2.99. The van der Waals surface area contributed by atoms with E-state index in [0.29, 0.717) is 5.57 Å². The molecule has 0 radical (unpaired) electrons. The molecular formula is C8H12O4. The summed E-state index contributed by atoms with van der Waals surface area (Å²) in [6, 6.07) is 0. The molecule has 0 aromatic heterocycles. The highest BCUT2D eigenvalue weighted by Crippen LogP contribution is 2.29. The van der Waals surface area contributed by atoms with Crippen LogP contribution in [-0.2, 0) is 9.59 Å². The van der Waals surface area contributed by atoms with E-state index in [1.165, 1.54) is 13.8 Å². The first-order chi connectivity index (χ1) is 5.30. The molecule has 0 rings (SSSR count). The monoisotopic (exact) mass is 172 g/mol. The third-order valence-electron chi connectivity index (χ3n) is 1.92. The predicted molar refractivity (Wildman–Crippen MR) is 42.8 cm³/mol. The highest BCUT2D eigenvalue weighted by atomic mass is 16.4. The number of carboxylic acid groups (broad SMARTS) is 2. The van der Waals surface area contributed by atoms with Gasteiger partial charge < -0.3 is 10.2 Å². The van der Waals surface area contributed by atoms with Crippen molar-refractivity contribution in [3.63, 3.8) is 0 Å². The van der Waals surface area contributed by atoms with Crippen LogP contribution in [0, 0.1) is 5.41 Å². The molecule has 0 spiro atoms. The molecule has 1 atom stereocenters. The summed E-state index contributed by atoms with van der Waals surface area (Å²) in [6.45, 7) is 6.32. The molecule has 1 unspecified atom stereocenters. The number of hydrogen-bond donors (Lipinski definition) is 2. The molecule has 0 aliphatic heterocycles. The fourth-order valence-electron chi connectivity index (χ4n) is 0.711. The fraction of sp³-hybridized carbons (Fsp3) is 0.500. The third-order valence-corrected chi connectivity index (χ3v) is 1.92. The van der Waals surface area contributed by atoms with Crippen molar-refractivity contribution in [3.8, 4) is 0 Å². The number of carbonyl (C=O) groups is 2. The van der Waals surface area contributed by atoms with E-state index in [1.54, 1.807) is 0 Å². The molecule has 0 amide bonds. The zero-order valence-corrected chi connectivity index (χ0v) is 7.13. The van der Waals surface area contributed by atoms with Gasteiger partial charge in [0, 0.05) is 0 Å². The molecule has 68 valence electrons. The summed E-state index contributed by atoms with van der Waals surface area (Å²) in [5, 5.41) is 17.2. The second kappa shape index (κ2) is 3.38. The molecule has 0 saturated heterocycles. The molecule has 4 nitrogen and oxygen atoms in total. The van der Waals surface area contributed by atoms with Crippen molar-refractivity contribution < 1.29 is 19.8 Å². The Morgan fingerprint density at radius 1 is 1.42 bits per heavy atom. The molecular weight excluding hydrogens is 160 g/mol. The SMILES string of the molecule is C=C(C)C(C)(CC(=O)O)C(=O)O. The lowest BCUT2D eigenvalue weighted by Gasteiger charge is -2.22. The Kier molecular flexibility index (Phi) is 3.01. The Morgan fingerprint density at radius 3 is 1.92 bits per heavy atom. The summed E-state index contributed by atoms with van der Waals surface area (Å²) < 4.78 is 0. The van der Waals surface area contributed by atoms with Gasteiger partial charge in [0.25, 0.3) is 0 Å².